The number of hydrogen-bond acceptors (Lipinski definition) is 3. The van der Waals surface area contributed by atoms with Gasteiger partial charge in [-0.25, -0.2) is 9.37 Å². The Labute approximate surface area is 104 Å². The molecule has 0 unspecified atom stereocenters. The Morgan fingerprint density at radius 1 is 1.33 bits per heavy atom. The maximum Gasteiger partial charge on any atom is 0.251 e. The van der Waals surface area contributed by atoms with E-state index in [1.807, 2.05) is 0 Å². The molecule has 0 fully saturated rings. The summed E-state index contributed by atoms with van der Waals surface area (Å²) in [5.41, 5.74) is 1.11. The molecular formula is C13H13FN2O2. The summed E-state index contributed by atoms with van der Waals surface area (Å²) in [6, 6.07) is 5.37. The number of benzene rings is 1. The minimum Gasteiger partial charge on any atom is -0.446 e. The fraction of sp³-hybridized carbons (Fsp3) is 0.231. The third-order valence-electron chi connectivity index (χ3n) is 2.52. The Balaban J connectivity index is 2.00. The summed E-state index contributed by atoms with van der Waals surface area (Å²) < 4.78 is 18.0. The normalized spacial score (nSPS) is 10.4. The Kier molecular flexibility index (Phi) is 3.41. The average molecular weight is 248 g/mol. The number of hydrogen-bond donors (Lipinski definition) is 1. The summed E-state index contributed by atoms with van der Waals surface area (Å²) in [5.74, 6) is 0.620. The van der Waals surface area contributed by atoms with Crippen LogP contribution < -0.4 is 5.32 Å². The molecule has 1 amide bonds. The molecule has 0 bridgehead atoms. The first kappa shape index (κ1) is 12.3. The Morgan fingerprint density at radius 3 is 2.56 bits per heavy atom. The van der Waals surface area contributed by atoms with E-state index in [0.717, 1.165) is 0 Å². The lowest BCUT2D eigenvalue weighted by atomic mass is 10.2. The number of aryl methyl sites for hydroxylation is 2. The van der Waals surface area contributed by atoms with Crippen LogP contribution in [0.3, 0.4) is 0 Å². The number of amides is 1. The van der Waals surface area contributed by atoms with Gasteiger partial charge in [-0.15, -0.1) is 0 Å². The largest absolute Gasteiger partial charge is 0.446 e. The monoisotopic (exact) mass is 248 g/mol. The quantitative estimate of drug-likeness (QED) is 0.907. The molecule has 2 aromatic rings. The summed E-state index contributed by atoms with van der Waals surface area (Å²) in [5, 5.41) is 2.70. The second-order valence-corrected chi connectivity index (χ2v) is 3.93. The number of oxazole rings is 1. The van der Waals surface area contributed by atoms with Crippen molar-refractivity contribution >= 4 is 5.91 Å². The Morgan fingerprint density at radius 2 is 2.00 bits per heavy atom. The standard InChI is InChI=1S/C13H13FN2O2/c1-8-12(16-9(2)18-8)7-15-13(17)10-3-5-11(14)6-4-10/h3-6H,7H2,1-2H3,(H,15,17). The zero-order valence-electron chi connectivity index (χ0n) is 10.2. The van der Waals surface area contributed by atoms with Gasteiger partial charge in [0.25, 0.3) is 5.91 Å². The molecular weight excluding hydrogens is 235 g/mol. The minimum absolute atomic E-state index is 0.268. The highest BCUT2D eigenvalue weighted by Crippen LogP contribution is 2.09. The van der Waals surface area contributed by atoms with Gasteiger partial charge in [0.05, 0.1) is 6.54 Å². The van der Waals surface area contributed by atoms with Crippen LogP contribution >= 0.6 is 0 Å². The topological polar surface area (TPSA) is 55.1 Å². The van der Waals surface area contributed by atoms with Gasteiger partial charge in [0.15, 0.2) is 5.89 Å². The Hall–Kier alpha value is -2.17. The molecule has 0 spiro atoms. The van der Waals surface area contributed by atoms with E-state index in [4.69, 9.17) is 4.42 Å². The van der Waals surface area contributed by atoms with Crippen molar-refractivity contribution in [3.05, 3.63) is 53.0 Å². The molecule has 4 nitrogen and oxygen atoms in total. The Bertz CT molecular complexity index is 561. The van der Waals surface area contributed by atoms with E-state index in [1.165, 1.54) is 24.3 Å². The molecule has 1 aromatic heterocycles. The van der Waals surface area contributed by atoms with Crippen molar-refractivity contribution in [2.45, 2.75) is 20.4 Å². The van der Waals surface area contributed by atoms with Crippen molar-refractivity contribution in [1.82, 2.24) is 10.3 Å². The van der Waals surface area contributed by atoms with Gasteiger partial charge in [-0.2, -0.15) is 0 Å². The van der Waals surface area contributed by atoms with Crippen molar-refractivity contribution in [2.75, 3.05) is 0 Å². The molecule has 1 heterocycles. The van der Waals surface area contributed by atoms with Crippen LogP contribution in [-0.4, -0.2) is 10.9 Å². The van der Waals surface area contributed by atoms with Crippen LogP contribution in [0, 0.1) is 19.7 Å². The number of carbonyl (C=O) groups excluding carboxylic acids is 1. The van der Waals surface area contributed by atoms with Crippen molar-refractivity contribution < 1.29 is 13.6 Å². The molecule has 0 aliphatic rings. The highest BCUT2D eigenvalue weighted by Gasteiger charge is 2.09. The average Bonchev–Trinajstić information content (AvgIpc) is 2.66. The van der Waals surface area contributed by atoms with E-state index in [0.29, 0.717) is 29.5 Å². The minimum atomic E-state index is -0.366. The second kappa shape index (κ2) is 5.00. The maximum absolute atomic E-state index is 12.7. The first-order valence-electron chi connectivity index (χ1n) is 5.53. The summed E-state index contributed by atoms with van der Waals surface area (Å²) >= 11 is 0. The molecule has 2 rings (SSSR count). The molecule has 0 aliphatic heterocycles. The van der Waals surface area contributed by atoms with Crippen molar-refractivity contribution in [2.24, 2.45) is 0 Å². The predicted octanol–water partition coefficient (Wildman–Crippen LogP) is 2.36. The number of rotatable bonds is 3. The van der Waals surface area contributed by atoms with Crippen LogP contribution in [0.5, 0.6) is 0 Å². The molecule has 0 saturated heterocycles. The first-order valence-corrected chi connectivity index (χ1v) is 5.53. The number of carbonyl (C=O) groups is 1. The van der Waals surface area contributed by atoms with E-state index in [2.05, 4.69) is 10.3 Å². The zero-order chi connectivity index (χ0) is 13.1. The molecule has 94 valence electrons. The number of nitrogens with zero attached hydrogens (tertiary/aromatic N) is 1. The highest BCUT2D eigenvalue weighted by atomic mass is 19.1. The molecule has 0 aliphatic carbocycles. The third-order valence-corrected chi connectivity index (χ3v) is 2.52. The van der Waals surface area contributed by atoms with Gasteiger partial charge in [-0.05, 0) is 31.2 Å². The molecule has 0 atom stereocenters. The van der Waals surface area contributed by atoms with Gasteiger partial charge in [0, 0.05) is 12.5 Å². The maximum atomic E-state index is 12.7. The van der Waals surface area contributed by atoms with Gasteiger partial charge in [-0.3, -0.25) is 4.79 Å². The van der Waals surface area contributed by atoms with Crippen LogP contribution in [0.15, 0.2) is 28.7 Å². The number of aromatic nitrogens is 1. The van der Waals surface area contributed by atoms with Gasteiger partial charge in [0.2, 0.25) is 0 Å². The SMILES string of the molecule is Cc1nc(CNC(=O)c2ccc(F)cc2)c(C)o1. The highest BCUT2D eigenvalue weighted by molar-refractivity contribution is 5.94. The second-order valence-electron chi connectivity index (χ2n) is 3.93. The van der Waals surface area contributed by atoms with E-state index < -0.39 is 0 Å². The van der Waals surface area contributed by atoms with Crippen molar-refractivity contribution in [3.8, 4) is 0 Å². The van der Waals surface area contributed by atoms with Gasteiger partial charge >= 0.3 is 0 Å². The van der Waals surface area contributed by atoms with Crippen LogP contribution in [0.4, 0.5) is 4.39 Å². The lowest BCUT2D eigenvalue weighted by molar-refractivity contribution is 0.0950. The molecule has 1 aromatic carbocycles. The van der Waals surface area contributed by atoms with Gasteiger partial charge in [-0.1, -0.05) is 0 Å². The zero-order valence-corrected chi connectivity index (χ0v) is 10.2. The van der Waals surface area contributed by atoms with Crippen molar-refractivity contribution in [1.29, 1.82) is 0 Å². The fourth-order valence-corrected chi connectivity index (χ4v) is 1.60. The summed E-state index contributed by atoms with van der Waals surface area (Å²) in [7, 11) is 0. The predicted molar refractivity (Wildman–Crippen MR) is 63.5 cm³/mol. The smallest absolute Gasteiger partial charge is 0.251 e. The number of nitrogens with one attached hydrogen (secondary N) is 1. The lowest BCUT2D eigenvalue weighted by Crippen LogP contribution is -2.23. The fourth-order valence-electron chi connectivity index (χ4n) is 1.60. The number of halogens is 1. The van der Waals surface area contributed by atoms with Crippen LogP contribution in [0.2, 0.25) is 0 Å². The van der Waals surface area contributed by atoms with E-state index in [-0.39, 0.29) is 11.7 Å². The van der Waals surface area contributed by atoms with E-state index in [1.54, 1.807) is 13.8 Å². The summed E-state index contributed by atoms with van der Waals surface area (Å²) in [4.78, 5) is 15.9. The third kappa shape index (κ3) is 2.74. The van der Waals surface area contributed by atoms with Crippen molar-refractivity contribution in [3.63, 3.8) is 0 Å². The molecule has 18 heavy (non-hydrogen) atoms. The molecule has 1 N–H and O–H groups in total. The van der Waals surface area contributed by atoms with E-state index in [9.17, 15) is 9.18 Å². The molecule has 0 saturated carbocycles. The summed E-state index contributed by atoms with van der Waals surface area (Å²) in [6.07, 6.45) is 0. The summed E-state index contributed by atoms with van der Waals surface area (Å²) in [6.45, 7) is 3.83. The van der Waals surface area contributed by atoms with Gasteiger partial charge in [0.1, 0.15) is 17.3 Å². The molecule has 0 radical (unpaired) electrons. The first-order chi connectivity index (χ1) is 8.56. The van der Waals surface area contributed by atoms with Crippen LogP contribution in [0.1, 0.15) is 27.7 Å². The molecule has 5 heteroatoms. The van der Waals surface area contributed by atoms with Crippen LogP contribution in [-0.2, 0) is 6.54 Å². The van der Waals surface area contributed by atoms with Crippen LogP contribution in [0.25, 0.3) is 0 Å². The van der Waals surface area contributed by atoms with Gasteiger partial charge < -0.3 is 9.73 Å². The van der Waals surface area contributed by atoms with E-state index >= 15 is 0 Å². The lowest BCUT2D eigenvalue weighted by Gasteiger charge is -2.03.